The van der Waals surface area contributed by atoms with E-state index in [-0.39, 0.29) is 80.9 Å². The second-order valence-corrected chi connectivity index (χ2v) is 1.35. The third kappa shape index (κ3) is 957. The molecule has 0 atom stereocenters. The van der Waals surface area contributed by atoms with Crippen LogP contribution >= 0.6 is 0 Å². The fourth-order valence-corrected chi connectivity index (χ4v) is 0. The van der Waals surface area contributed by atoms with Crippen LogP contribution in [0.5, 0.6) is 0 Å². The third-order valence-corrected chi connectivity index (χ3v) is 0. The zero-order chi connectivity index (χ0) is 14.3. The summed E-state index contributed by atoms with van der Waals surface area (Å²) in [6, 6.07) is 0. The SMILES string of the molecule is OB(O)O.OB(O)O.OB(O)O.[K+].[Na+].[O-]B([O-])O. The van der Waals surface area contributed by atoms with E-state index in [1.165, 1.54) is 0 Å². The van der Waals surface area contributed by atoms with Gasteiger partial charge in [-0.2, -0.15) is 0 Å². The molecule has 0 amide bonds. The van der Waals surface area contributed by atoms with Gasteiger partial charge in [-0.3, -0.25) is 0 Å². The van der Waals surface area contributed by atoms with Gasteiger partial charge >= 0.3 is 103 Å². The van der Waals surface area contributed by atoms with Gasteiger partial charge in [-0.25, -0.2) is 0 Å². The summed E-state index contributed by atoms with van der Waals surface area (Å²) in [4.78, 5) is 0. The molecule has 0 heterocycles. The largest absolute Gasteiger partial charge is 1.00 e. The van der Waals surface area contributed by atoms with Crippen LogP contribution in [-0.2, 0) is 0 Å². The molecule has 96 valence electrons. The zero-order valence-corrected chi connectivity index (χ0v) is 14.7. The van der Waals surface area contributed by atoms with Gasteiger partial charge in [-0.05, 0) is 0 Å². The Morgan fingerprint density at radius 2 is 0.500 bits per heavy atom. The summed E-state index contributed by atoms with van der Waals surface area (Å²) in [5.41, 5.74) is 0. The summed E-state index contributed by atoms with van der Waals surface area (Å²) in [6.07, 6.45) is 0. The zero-order valence-electron chi connectivity index (χ0n) is 9.60. The average Bonchev–Trinajstić information content (AvgIpc) is 1.76. The molecule has 0 aromatic heterocycles. The van der Waals surface area contributed by atoms with E-state index in [1.807, 2.05) is 0 Å². The van der Waals surface area contributed by atoms with Crippen molar-refractivity contribution in [2.24, 2.45) is 0 Å². The van der Waals surface area contributed by atoms with Gasteiger partial charge in [-0.15, -0.1) is 0 Å². The van der Waals surface area contributed by atoms with Crippen molar-refractivity contribution in [3.8, 4) is 0 Å². The quantitative estimate of drug-likeness (QED) is 0.187. The van der Waals surface area contributed by atoms with Crippen LogP contribution in [0, 0.1) is 0 Å². The summed E-state index contributed by atoms with van der Waals surface area (Å²) in [6.45, 7) is 0. The summed E-state index contributed by atoms with van der Waals surface area (Å²) < 4.78 is 0. The molecule has 18 heteroatoms. The molecular weight excluding hydrogens is 297 g/mol. The maximum Gasteiger partial charge on any atom is 1.00 e. The number of hydrogen-bond donors (Lipinski definition) is 10. The summed E-state index contributed by atoms with van der Waals surface area (Å²) in [5, 5.41) is 88.5. The molecule has 0 aliphatic heterocycles. The molecule has 0 saturated heterocycles. The molecule has 0 bridgehead atoms. The molecule has 0 aromatic carbocycles. The molecule has 0 unspecified atom stereocenters. The fraction of sp³-hybridized carbons (Fsp3) is 0. The molecule has 18 heavy (non-hydrogen) atoms. The Bertz CT molecular complexity index is 67.1. The molecule has 0 saturated carbocycles. The van der Waals surface area contributed by atoms with E-state index in [0.29, 0.717) is 0 Å². The molecule has 0 aliphatic carbocycles. The van der Waals surface area contributed by atoms with Crippen molar-refractivity contribution in [3.63, 3.8) is 0 Å². The van der Waals surface area contributed by atoms with Gasteiger partial charge in [0.2, 0.25) is 0 Å². The smallest absolute Gasteiger partial charge is 0.871 e. The Labute approximate surface area is 168 Å². The first kappa shape index (κ1) is 37.0. The predicted octanol–water partition coefficient (Wildman–Crippen LogP) is -15.5. The Morgan fingerprint density at radius 3 is 0.500 bits per heavy atom. The average molecular weight is 307 g/mol. The Kier molecular flexibility index (Phi) is 65.2. The van der Waals surface area contributed by atoms with Crippen molar-refractivity contribution in [2.75, 3.05) is 0 Å². The first-order valence-electron chi connectivity index (χ1n) is 3.05. The van der Waals surface area contributed by atoms with Gasteiger partial charge in [-0.1, -0.05) is 0 Å². The van der Waals surface area contributed by atoms with E-state index in [9.17, 15) is 0 Å². The standard InChI is InChI=1S/3BH3O3.BHO3.K.Na/c4*2-1(3)4;;/h3*2-4H;2H;;/q;;;-2;2*+1. The molecule has 0 aliphatic rings. The molecule has 0 fully saturated rings. The van der Waals surface area contributed by atoms with Crippen molar-refractivity contribution in [3.05, 3.63) is 0 Å². The normalized spacial score (nSPS) is 6.00. The Morgan fingerprint density at radius 1 is 0.500 bits per heavy atom. The number of hydrogen-bond acceptors (Lipinski definition) is 12. The molecule has 0 spiro atoms. The van der Waals surface area contributed by atoms with Crippen LogP contribution in [0.1, 0.15) is 0 Å². The topological polar surface area (TPSA) is 248 Å². The second-order valence-electron chi connectivity index (χ2n) is 1.35. The first-order chi connectivity index (χ1) is 6.93. The van der Waals surface area contributed by atoms with E-state index in [1.54, 1.807) is 0 Å². The maximum atomic E-state index is 8.53. The number of rotatable bonds is 0. The van der Waals surface area contributed by atoms with Gasteiger partial charge in [0.15, 0.2) is 0 Å². The van der Waals surface area contributed by atoms with Crippen LogP contribution in [0.25, 0.3) is 0 Å². The summed E-state index contributed by atoms with van der Waals surface area (Å²) in [7, 11) is -9.17. The van der Waals surface area contributed by atoms with Crippen LogP contribution in [0.3, 0.4) is 0 Å². The van der Waals surface area contributed by atoms with Crippen LogP contribution in [0.4, 0.5) is 0 Å². The van der Waals surface area contributed by atoms with Crippen LogP contribution in [0.15, 0.2) is 0 Å². The van der Waals surface area contributed by atoms with E-state index in [0.717, 1.165) is 0 Å². The van der Waals surface area contributed by atoms with Gasteiger partial charge in [0.05, 0.1) is 7.32 Å². The van der Waals surface area contributed by atoms with Crippen molar-refractivity contribution in [1.82, 2.24) is 0 Å². The Balaban J connectivity index is -0.0000000257. The maximum absolute atomic E-state index is 8.53. The van der Waals surface area contributed by atoms with Crippen molar-refractivity contribution < 1.29 is 141 Å². The molecule has 12 nitrogen and oxygen atoms in total. The van der Waals surface area contributed by atoms with E-state index < -0.39 is 29.3 Å². The van der Waals surface area contributed by atoms with Crippen LogP contribution < -0.4 is 91.0 Å². The van der Waals surface area contributed by atoms with E-state index in [4.69, 9.17) is 60.3 Å². The van der Waals surface area contributed by atoms with E-state index >= 15 is 0 Å². The third-order valence-electron chi connectivity index (χ3n) is 0. The minimum Gasteiger partial charge on any atom is -0.871 e. The van der Waals surface area contributed by atoms with Crippen molar-refractivity contribution in [1.29, 1.82) is 0 Å². The molecule has 0 aromatic rings. The second kappa shape index (κ2) is 31.7. The minimum absolute atomic E-state index is 0. The Hall–Kier alpha value is 2.42. The molecule has 0 rings (SSSR count). The molecule has 10 N–H and O–H groups in total. The van der Waals surface area contributed by atoms with Crippen molar-refractivity contribution in [2.45, 2.75) is 0 Å². The first-order valence-corrected chi connectivity index (χ1v) is 3.05. The molecule has 0 radical (unpaired) electrons. The van der Waals surface area contributed by atoms with Gasteiger partial charge in [0, 0.05) is 0 Å². The van der Waals surface area contributed by atoms with Gasteiger partial charge < -0.3 is 60.3 Å². The van der Waals surface area contributed by atoms with E-state index in [2.05, 4.69) is 0 Å². The van der Waals surface area contributed by atoms with Crippen molar-refractivity contribution >= 4 is 29.3 Å². The van der Waals surface area contributed by atoms with Crippen LogP contribution in [0.2, 0.25) is 0 Å². The molecular formula is H10B4KNaO12. The monoisotopic (exact) mass is 308 g/mol. The minimum atomic E-state index is -2.67. The van der Waals surface area contributed by atoms with Gasteiger partial charge in [0.1, 0.15) is 0 Å². The van der Waals surface area contributed by atoms with Crippen LogP contribution in [-0.4, -0.2) is 79.5 Å². The summed E-state index contributed by atoms with van der Waals surface area (Å²) >= 11 is 0. The fourth-order valence-electron chi connectivity index (χ4n) is 0. The predicted molar refractivity (Wildman–Crippen MR) is 45.2 cm³/mol. The van der Waals surface area contributed by atoms with Gasteiger partial charge in [0.25, 0.3) is 0 Å². The summed E-state index contributed by atoms with van der Waals surface area (Å²) in [5.74, 6) is 0.